The predicted octanol–water partition coefficient (Wildman–Crippen LogP) is 2.80. The van der Waals surface area contributed by atoms with Crippen LogP contribution in [0.3, 0.4) is 0 Å². The lowest BCUT2D eigenvalue weighted by Crippen LogP contribution is -2.33. The van der Waals surface area contributed by atoms with E-state index in [1.54, 1.807) is 22.3 Å². The average Bonchev–Trinajstić information content (AvgIpc) is 3.06. The first-order chi connectivity index (χ1) is 9.67. The van der Waals surface area contributed by atoms with Crippen LogP contribution < -0.4 is 0 Å². The fourth-order valence-corrected chi connectivity index (χ4v) is 3.63. The number of aryl methyl sites for hydroxylation is 1. The van der Waals surface area contributed by atoms with E-state index < -0.39 is 0 Å². The largest absolute Gasteiger partial charge is 0.395 e. The minimum atomic E-state index is -0.100. The number of aliphatic hydroxyl groups is 1. The van der Waals surface area contributed by atoms with E-state index in [1.807, 2.05) is 24.4 Å². The number of thiazole rings is 1. The Bertz CT molecular complexity index is 590. The van der Waals surface area contributed by atoms with E-state index >= 15 is 0 Å². The maximum Gasteiger partial charge on any atom is 0.266 e. The zero-order valence-corrected chi connectivity index (χ0v) is 12.8. The molecule has 2 rings (SSSR count). The predicted molar refractivity (Wildman–Crippen MR) is 83.4 cm³/mol. The third kappa shape index (κ3) is 3.15. The number of thiophene rings is 1. The van der Waals surface area contributed by atoms with Gasteiger partial charge in [0.1, 0.15) is 9.88 Å². The summed E-state index contributed by atoms with van der Waals surface area (Å²) in [5.74, 6) is -0.100. The average molecular weight is 308 g/mol. The number of rotatable bonds is 6. The van der Waals surface area contributed by atoms with Crippen molar-refractivity contribution in [1.82, 2.24) is 9.88 Å². The molecule has 2 heterocycles. The van der Waals surface area contributed by atoms with Crippen LogP contribution >= 0.6 is 22.7 Å². The Labute approximate surface area is 126 Å². The Morgan fingerprint density at radius 2 is 2.40 bits per heavy atom. The Morgan fingerprint density at radius 1 is 1.60 bits per heavy atom. The van der Waals surface area contributed by atoms with E-state index in [-0.39, 0.29) is 12.5 Å². The highest BCUT2D eigenvalue weighted by atomic mass is 32.1. The molecule has 0 bridgehead atoms. The number of aliphatic hydroxyl groups excluding tert-OH is 1. The summed E-state index contributed by atoms with van der Waals surface area (Å²) in [6.45, 7) is 6.14. The number of amides is 1. The SMILES string of the molecule is C=CCN(CCO)C(=O)c1sc(-c2cccs2)nc1C. The third-order valence-corrected chi connectivity index (χ3v) is 4.91. The van der Waals surface area contributed by atoms with Gasteiger partial charge in [-0.1, -0.05) is 12.1 Å². The fourth-order valence-electron chi connectivity index (χ4n) is 1.80. The lowest BCUT2D eigenvalue weighted by Gasteiger charge is -2.19. The summed E-state index contributed by atoms with van der Waals surface area (Å²) in [6, 6.07) is 3.96. The second kappa shape index (κ2) is 6.78. The number of aromatic nitrogens is 1. The van der Waals surface area contributed by atoms with Crippen LogP contribution in [-0.4, -0.2) is 40.6 Å². The number of carbonyl (C=O) groups excluding carboxylic acids is 1. The molecule has 106 valence electrons. The first-order valence-corrected chi connectivity index (χ1v) is 7.89. The summed E-state index contributed by atoms with van der Waals surface area (Å²) in [4.78, 5) is 20.2. The van der Waals surface area contributed by atoms with Crippen LogP contribution in [0.5, 0.6) is 0 Å². The molecule has 1 N–H and O–H groups in total. The molecule has 0 saturated heterocycles. The molecule has 0 aliphatic carbocycles. The Kier molecular flexibility index (Phi) is 5.05. The number of hydrogen-bond acceptors (Lipinski definition) is 5. The van der Waals surface area contributed by atoms with Gasteiger partial charge in [0.15, 0.2) is 0 Å². The van der Waals surface area contributed by atoms with Crippen molar-refractivity contribution in [3.63, 3.8) is 0 Å². The molecule has 0 aromatic carbocycles. The minimum Gasteiger partial charge on any atom is -0.395 e. The van der Waals surface area contributed by atoms with Crippen molar-refractivity contribution < 1.29 is 9.90 Å². The van der Waals surface area contributed by atoms with E-state index in [1.165, 1.54) is 11.3 Å². The molecule has 6 heteroatoms. The van der Waals surface area contributed by atoms with E-state index in [2.05, 4.69) is 11.6 Å². The smallest absolute Gasteiger partial charge is 0.266 e. The van der Waals surface area contributed by atoms with Crippen molar-refractivity contribution in [2.24, 2.45) is 0 Å². The van der Waals surface area contributed by atoms with Crippen LogP contribution in [-0.2, 0) is 0 Å². The molecule has 4 nitrogen and oxygen atoms in total. The quantitative estimate of drug-likeness (QED) is 0.835. The van der Waals surface area contributed by atoms with Gasteiger partial charge in [0.25, 0.3) is 5.91 Å². The molecule has 0 spiro atoms. The maximum atomic E-state index is 12.5. The van der Waals surface area contributed by atoms with Gasteiger partial charge >= 0.3 is 0 Å². The molecule has 1 amide bonds. The number of hydrogen-bond donors (Lipinski definition) is 1. The molecule has 0 aliphatic rings. The van der Waals surface area contributed by atoms with Crippen LogP contribution in [0, 0.1) is 6.92 Å². The standard InChI is InChI=1S/C14H16N2O2S2/c1-3-6-16(7-8-17)14(18)12-10(2)15-13(20-12)11-5-4-9-19-11/h3-5,9,17H,1,6-8H2,2H3. The molecule has 0 fully saturated rings. The summed E-state index contributed by atoms with van der Waals surface area (Å²) in [7, 11) is 0. The summed E-state index contributed by atoms with van der Waals surface area (Å²) in [6.07, 6.45) is 1.66. The van der Waals surface area contributed by atoms with Crippen LogP contribution in [0.2, 0.25) is 0 Å². The van der Waals surface area contributed by atoms with Crippen LogP contribution in [0.25, 0.3) is 9.88 Å². The van der Waals surface area contributed by atoms with Gasteiger partial charge in [-0.2, -0.15) is 0 Å². The number of carbonyl (C=O) groups is 1. The zero-order valence-electron chi connectivity index (χ0n) is 11.2. The molecule has 20 heavy (non-hydrogen) atoms. The highest BCUT2D eigenvalue weighted by Crippen LogP contribution is 2.31. The molecule has 2 aromatic rings. The van der Waals surface area contributed by atoms with Crippen molar-refractivity contribution >= 4 is 28.6 Å². The molecule has 2 aromatic heterocycles. The highest BCUT2D eigenvalue weighted by molar-refractivity contribution is 7.22. The van der Waals surface area contributed by atoms with Gasteiger partial charge in [0, 0.05) is 13.1 Å². The number of nitrogens with zero attached hydrogens (tertiary/aromatic N) is 2. The van der Waals surface area contributed by atoms with E-state index in [0.29, 0.717) is 18.0 Å². The Morgan fingerprint density at radius 3 is 3.00 bits per heavy atom. The van der Waals surface area contributed by atoms with Crippen molar-refractivity contribution in [1.29, 1.82) is 0 Å². The second-order valence-corrected chi connectivity index (χ2v) is 6.12. The molecule has 0 atom stereocenters. The van der Waals surface area contributed by atoms with Crippen LogP contribution in [0.4, 0.5) is 0 Å². The Balaban J connectivity index is 2.27. The normalized spacial score (nSPS) is 10.5. The lowest BCUT2D eigenvalue weighted by molar-refractivity contribution is 0.0746. The van der Waals surface area contributed by atoms with Crippen molar-refractivity contribution in [2.45, 2.75) is 6.92 Å². The van der Waals surface area contributed by atoms with Gasteiger partial charge in [-0.3, -0.25) is 4.79 Å². The van der Waals surface area contributed by atoms with Gasteiger partial charge in [0.05, 0.1) is 17.2 Å². The zero-order chi connectivity index (χ0) is 14.5. The minimum absolute atomic E-state index is 0.0603. The summed E-state index contributed by atoms with van der Waals surface area (Å²) < 4.78 is 0. The van der Waals surface area contributed by atoms with Gasteiger partial charge < -0.3 is 10.0 Å². The molecule has 0 radical (unpaired) electrons. The third-order valence-electron chi connectivity index (χ3n) is 2.73. The van der Waals surface area contributed by atoms with Crippen molar-refractivity contribution in [2.75, 3.05) is 19.7 Å². The van der Waals surface area contributed by atoms with E-state index in [4.69, 9.17) is 5.11 Å². The molecule has 0 unspecified atom stereocenters. The van der Waals surface area contributed by atoms with Crippen molar-refractivity contribution in [3.8, 4) is 9.88 Å². The monoisotopic (exact) mass is 308 g/mol. The fraction of sp³-hybridized carbons (Fsp3) is 0.286. The van der Waals surface area contributed by atoms with Gasteiger partial charge in [-0.05, 0) is 18.4 Å². The Hall–Kier alpha value is -1.50. The van der Waals surface area contributed by atoms with Gasteiger partial charge in [0.2, 0.25) is 0 Å². The summed E-state index contributed by atoms with van der Waals surface area (Å²) in [5, 5.41) is 11.9. The molecular formula is C14H16N2O2S2. The van der Waals surface area contributed by atoms with Gasteiger partial charge in [-0.15, -0.1) is 29.3 Å². The summed E-state index contributed by atoms with van der Waals surface area (Å²) in [5.41, 5.74) is 0.732. The first kappa shape index (κ1) is 14.9. The second-order valence-electron chi connectivity index (χ2n) is 4.17. The highest BCUT2D eigenvalue weighted by Gasteiger charge is 2.21. The lowest BCUT2D eigenvalue weighted by atomic mass is 10.3. The van der Waals surface area contributed by atoms with Crippen molar-refractivity contribution in [3.05, 3.63) is 40.7 Å². The van der Waals surface area contributed by atoms with E-state index in [0.717, 1.165) is 15.6 Å². The first-order valence-electron chi connectivity index (χ1n) is 6.19. The van der Waals surface area contributed by atoms with Crippen LogP contribution in [0.1, 0.15) is 15.4 Å². The molecular weight excluding hydrogens is 292 g/mol. The molecule has 0 aliphatic heterocycles. The maximum absolute atomic E-state index is 12.5. The van der Waals surface area contributed by atoms with Crippen LogP contribution in [0.15, 0.2) is 30.2 Å². The topological polar surface area (TPSA) is 53.4 Å². The van der Waals surface area contributed by atoms with E-state index in [9.17, 15) is 4.79 Å². The molecule has 0 saturated carbocycles. The van der Waals surface area contributed by atoms with Gasteiger partial charge in [-0.25, -0.2) is 4.98 Å². The summed E-state index contributed by atoms with van der Waals surface area (Å²) >= 11 is 3.00.